The van der Waals surface area contributed by atoms with Crippen LogP contribution in [0.1, 0.15) is 155 Å². The minimum atomic E-state index is -0.0161. The Morgan fingerprint density at radius 1 is 0.631 bits per heavy atom. The topological polar surface area (TPSA) is 15.7 Å². The number of hydrogen-bond donors (Lipinski definition) is 0. The van der Waals surface area contributed by atoms with Crippen LogP contribution in [0.25, 0.3) is 6.08 Å². The molecular weight excluding hydrogens is 789 g/mol. The highest BCUT2D eigenvalue weighted by molar-refractivity contribution is 5.64. The van der Waals surface area contributed by atoms with Crippen LogP contribution < -0.4 is 4.74 Å². The Hall–Kier alpha value is -4.76. The number of fused-ring (bicyclic) bond motifs is 4. The van der Waals surface area contributed by atoms with E-state index in [2.05, 4.69) is 181 Å². The van der Waals surface area contributed by atoms with Crippen molar-refractivity contribution in [3.63, 3.8) is 0 Å². The van der Waals surface area contributed by atoms with Gasteiger partial charge in [0.2, 0.25) is 0 Å². The average molecular weight is 865 g/mol. The van der Waals surface area contributed by atoms with Crippen molar-refractivity contribution in [2.45, 2.75) is 163 Å². The summed E-state index contributed by atoms with van der Waals surface area (Å²) in [7, 11) is 0. The minimum Gasteiger partial charge on any atom is -0.485 e. The largest absolute Gasteiger partial charge is 0.485 e. The Kier molecular flexibility index (Phi) is 12.1. The Labute approximate surface area is 392 Å². The molecule has 0 saturated carbocycles. The van der Waals surface area contributed by atoms with Crippen LogP contribution >= 0.6 is 0 Å². The summed E-state index contributed by atoms with van der Waals surface area (Å²) in [5.41, 5.74) is 17.9. The van der Waals surface area contributed by atoms with Gasteiger partial charge in [0.25, 0.3) is 0 Å². The van der Waals surface area contributed by atoms with Crippen molar-refractivity contribution in [2.24, 2.45) is 28.6 Å². The molecule has 0 spiro atoms. The Morgan fingerprint density at radius 2 is 1.37 bits per heavy atom. The van der Waals surface area contributed by atoms with Crippen molar-refractivity contribution in [3.8, 4) is 5.75 Å². The lowest BCUT2D eigenvalue weighted by Gasteiger charge is -2.44. The van der Waals surface area contributed by atoms with E-state index in [1.165, 1.54) is 89.1 Å². The van der Waals surface area contributed by atoms with Crippen LogP contribution in [-0.2, 0) is 6.42 Å². The molecule has 7 atom stereocenters. The molecule has 1 heterocycles. The first-order chi connectivity index (χ1) is 31.3. The van der Waals surface area contributed by atoms with Gasteiger partial charge in [-0.1, -0.05) is 149 Å². The van der Waals surface area contributed by atoms with E-state index in [9.17, 15) is 0 Å². The van der Waals surface area contributed by atoms with Crippen molar-refractivity contribution in [3.05, 3.63) is 177 Å². The summed E-state index contributed by atoms with van der Waals surface area (Å²) >= 11 is 0. The van der Waals surface area contributed by atoms with Crippen LogP contribution in [0.3, 0.4) is 0 Å². The first-order valence-corrected chi connectivity index (χ1v) is 25.7. The van der Waals surface area contributed by atoms with Crippen molar-refractivity contribution >= 4 is 6.08 Å². The molecule has 0 bridgehead atoms. The molecular formula is C62H76N2O. The molecule has 65 heavy (non-hydrogen) atoms. The van der Waals surface area contributed by atoms with Crippen LogP contribution in [0.15, 0.2) is 160 Å². The molecule has 7 unspecified atom stereocenters. The lowest BCUT2D eigenvalue weighted by molar-refractivity contribution is 0.213. The van der Waals surface area contributed by atoms with Gasteiger partial charge in [0.15, 0.2) is 0 Å². The maximum absolute atomic E-state index is 7.05. The Balaban J connectivity index is 0.919. The van der Waals surface area contributed by atoms with Crippen LogP contribution in [0.4, 0.5) is 0 Å². The SMILES string of the molecule is CC1=C(C2C=CC(N(C3=CC=C(C(C)(C)C)CC3)C3C=Cc4cc5c(cc4C3)OC3C=C(N(C4=CC=C(C6CCC=CC6C)CC4)C4=CC=C(C(C)(C)C)CC4)C=CC53)CC2)CCC=C1. The third kappa shape index (κ3) is 8.95. The normalized spacial score (nSPS) is 29.6. The summed E-state index contributed by atoms with van der Waals surface area (Å²) in [6.45, 7) is 18.9. The van der Waals surface area contributed by atoms with Gasteiger partial charge in [0.05, 0.1) is 6.04 Å². The third-order valence-electron chi connectivity index (χ3n) is 16.6. The third-order valence-corrected chi connectivity index (χ3v) is 16.6. The van der Waals surface area contributed by atoms with Gasteiger partial charge in [-0.2, -0.15) is 0 Å². The summed E-state index contributed by atoms with van der Waals surface area (Å²) in [5, 5.41) is 0. The van der Waals surface area contributed by atoms with E-state index in [1.807, 2.05) is 0 Å². The first kappa shape index (κ1) is 44.1. The molecule has 0 radical (unpaired) electrons. The summed E-state index contributed by atoms with van der Waals surface area (Å²) in [6, 6.07) is 5.58. The molecule has 0 fully saturated rings. The molecule has 0 amide bonds. The highest BCUT2D eigenvalue weighted by atomic mass is 16.5. The highest BCUT2D eigenvalue weighted by Crippen LogP contribution is 2.48. The second-order valence-corrected chi connectivity index (χ2v) is 22.9. The lowest BCUT2D eigenvalue weighted by Crippen LogP contribution is -2.44. The minimum absolute atomic E-state index is 0.0161. The molecule has 1 aromatic rings. The van der Waals surface area contributed by atoms with Gasteiger partial charge in [-0.25, -0.2) is 0 Å². The predicted molar refractivity (Wildman–Crippen MR) is 274 cm³/mol. The summed E-state index contributed by atoms with van der Waals surface area (Å²) in [5.74, 6) is 3.16. The van der Waals surface area contributed by atoms with Crippen molar-refractivity contribution in [1.29, 1.82) is 0 Å². The van der Waals surface area contributed by atoms with Gasteiger partial charge in [-0.15, -0.1) is 0 Å². The van der Waals surface area contributed by atoms with Crippen LogP contribution in [-0.4, -0.2) is 28.0 Å². The number of benzene rings is 1. The van der Waals surface area contributed by atoms with E-state index in [4.69, 9.17) is 4.74 Å². The molecule has 1 aliphatic heterocycles. The zero-order chi connectivity index (χ0) is 45.0. The van der Waals surface area contributed by atoms with E-state index >= 15 is 0 Å². The zero-order valence-electron chi connectivity index (χ0n) is 41.0. The fraction of sp³-hybridized carbons (Fsp3) is 0.484. The average Bonchev–Trinajstić information content (AvgIpc) is 3.65. The number of rotatable bonds is 8. The summed E-state index contributed by atoms with van der Waals surface area (Å²) in [4.78, 5) is 5.42. The fourth-order valence-electron chi connectivity index (χ4n) is 12.7. The fourth-order valence-corrected chi connectivity index (χ4v) is 12.7. The molecule has 0 aromatic heterocycles. The smallest absolute Gasteiger partial charge is 0.130 e. The van der Waals surface area contributed by atoms with Gasteiger partial charge in [-0.05, 0) is 173 Å². The number of nitrogens with zero attached hydrogens (tertiary/aromatic N) is 2. The Morgan fingerprint density at radius 3 is 2.02 bits per heavy atom. The van der Waals surface area contributed by atoms with Crippen LogP contribution in [0.2, 0.25) is 0 Å². The molecule has 0 saturated heterocycles. The molecule has 3 heteroatoms. The predicted octanol–water partition coefficient (Wildman–Crippen LogP) is 16.0. The van der Waals surface area contributed by atoms with Gasteiger partial charge in [0, 0.05) is 40.3 Å². The quantitative estimate of drug-likeness (QED) is 0.242. The summed E-state index contributed by atoms with van der Waals surface area (Å²) < 4.78 is 7.05. The second-order valence-electron chi connectivity index (χ2n) is 22.9. The number of hydrogen-bond acceptors (Lipinski definition) is 3. The van der Waals surface area contributed by atoms with Gasteiger partial charge >= 0.3 is 0 Å². The van der Waals surface area contributed by atoms with Crippen molar-refractivity contribution in [1.82, 2.24) is 9.80 Å². The van der Waals surface area contributed by atoms with Crippen molar-refractivity contribution < 1.29 is 4.74 Å². The molecule has 0 N–H and O–H groups in total. The number of allylic oxidation sites excluding steroid dienone is 20. The lowest BCUT2D eigenvalue weighted by atomic mass is 9.77. The van der Waals surface area contributed by atoms with Gasteiger partial charge in [-0.3, -0.25) is 0 Å². The molecule has 3 nitrogen and oxygen atoms in total. The molecule has 340 valence electrons. The van der Waals surface area contributed by atoms with E-state index in [0.717, 1.165) is 50.7 Å². The standard InChI is InChI=1S/C62H76N2O/c1-41-13-9-11-15-55(41)43-17-26-49(27-18-43)63(51-31-22-47(23-32-51)61(3,4)5)53-30-21-45-38-58-57-36-35-54(40-60(57)65-59(58)39-46(45)37-53)64(52-33-24-48(25-34-52)62(6,7)8)50-28-19-44(20-29-50)56-16-12-10-14-42(56)2/h9-10,13-14,17,19,21-22,24,26,28,30-31,33,35-36,38-40,42-43,49,53,56-57,60H,11-12,15-16,18,20,23,25,27,29,32,34,37H2,1-8H3. The number of ether oxygens (including phenoxy) is 1. The van der Waals surface area contributed by atoms with Crippen molar-refractivity contribution in [2.75, 3.05) is 0 Å². The zero-order valence-corrected chi connectivity index (χ0v) is 41.0. The van der Waals surface area contributed by atoms with E-state index in [1.54, 1.807) is 16.7 Å². The molecule has 1 aromatic carbocycles. The van der Waals surface area contributed by atoms with Crippen LogP contribution in [0, 0.1) is 28.6 Å². The first-order valence-electron chi connectivity index (χ1n) is 25.7. The van der Waals surface area contributed by atoms with E-state index < -0.39 is 0 Å². The molecule has 8 aliphatic carbocycles. The van der Waals surface area contributed by atoms with Gasteiger partial charge in [0.1, 0.15) is 11.9 Å². The second kappa shape index (κ2) is 17.8. The maximum atomic E-state index is 7.05. The van der Waals surface area contributed by atoms with Gasteiger partial charge < -0.3 is 14.5 Å². The molecule has 10 rings (SSSR count). The van der Waals surface area contributed by atoms with E-state index in [0.29, 0.717) is 29.8 Å². The highest BCUT2D eigenvalue weighted by Gasteiger charge is 2.38. The maximum Gasteiger partial charge on any atom is 0.130 e. The van der Waals surface area contributed by atoms with E-state index in [-0.39, 0.29) is 22.9 Å². The summed E-state index contributed by atoms with van der Waals surface area (Å²) in [6.07, 6.45) is 56.5. The Bertz CT molecular complexity index is 2480. The van der Waals surface area contributed by atoms with Crippen LogP contribution in [0.5, 0.6) is 5.75 Å². The molecule has 9 aliphatic rings. The monoisotopic (exact) mass is 865 g/mol.